The second kappa shape index (κ2) is 10.4. The molecule has 1 N–H and O–H groups in total. The number of phenolic OH excluding ortho intramolecular Hbond substituents is 1. The van der Waals surface area contributed by atoms with E-state index < -0.39 is 0 Å². The van der Waals surface area contributed by atoms with E-state index in [2.05, 4.69) is 93.9 Å². The first-order valence-electron chi connectivity index (χ1n) is 16.1. The van der Waals surface area contributed by atoms with Gasteiger partial charge in [-0.1, -0.05) is 60.7 Å². The Hall–Kier alpha value is -6.73. The molecule has 0 aliphatic heterocycles. The molecule has 7 nitrogen and oxygen atoms in total. The molecular weight excluding hydrogens is 606 g/mol. The highest BCUT2D eigenvalue weighted by atomic mass is 16.5. The smallest absolute Gasteiger partial charge is 0.238 e. The van der Waals surface area contributed by atoms with Crippen molar-refractivity contribution in [3.05, 3.63) is 140 Å². The zero-order chi connectivity index (χ0) is 32.6. The third-order valence-electron chi connectivity index (χ3n) is 9.53. The maximum atomic E-state index is 10.0. The first-order chi connectivity index (χ1) is 24.1. The standard InChI is InChI=1S/C42H27N5O2/c1-49-29-20-16-26(17-21-29)41-43-40(25-14-18-28(48)19-15-25)44-42(45-41)47-36-13-7-5-11-33(36)34-22-27-23-38-32-10-3-2-8-30(32)31-9-4-6-12-35(31)46(38)37(27)24-39(34)47/h2-24,48H,1H3. The number of para-hydroxylation sites is 2. The molecule has 0 saturated heterocycles. The van der Waals surface area contributed by atoms with Crippen molar-refractivity contribution >= 4 is 59.9 Å². The number of aromatic nitrogens is 5. The molecule has 0 aliphatic carbocycles. The summed E-state index contributed by atoms with van der Waals surface area (Å²) in [5.74, 6) is 2.48. The fraction of sp³-hybridized carbons (Fsp3) is 0.0238. The molecule has 0 radical (unpaired) electrons. The van der Waals surface area contributed by atoms with Crippen LogP contribution in [0.4, 0.5) is 0 Å². The van der Waals surface area contributed by atoms with Crippen LogP contribution in [0.2, 0.25) is 0 Å². The number of fused-ring (bicyclic) bond motifs is 11. The van der Waals surface area contributed by atoms with Gasteiger partial charge in [0.2, 0.25) is 5.95 Å². The highest BCUT2D eigenvalue weighted by Crippen LogP contribution is 2.39. The van der Waals surface area contributed by atoms with Gasteiger partial charge in [0.05, 0.1) is 34.7 Å². The molecule has 0 spiro atoms. The molecule has 0 fully saturated rings. The van der Waals surface area contributed by atoms with Gasteiger partial charge in [-0.3, -0.25) is 4.57 Å². The summed E-state index contributed by atoms with van der Waals surface area (Å²) >= 11 is 0. The molecule has 0 atom stereocenters. The van der Waals surface area contributed by atoms with Crippen molar-refractivity contribution < 1.29 is 9.84 Å². The van der Waals surface area contributed by atoms with Crippen molar-refractivity contribution in [1.29, 1.82) is 0 Å². The number of pyridine rings is 1. The Kier molecular flexibility index (Phi) is 5.81. The van der Waals surface area contributed by atoms with Crippen LogP contribution in [0.15, 0.2) is 140 Å². The van der Waals surface area contributed by atoms with E-state index in [9.17, 15) is 5.11 Å². The number of hydrogen-bond acceptors (Lipinski definition) is 5. The van der Waals surface area contributed by atoms with Crippen LogP contribution < -0.4 is 4.74 Å². The van der Waals surface area contributed by atoms with Crippen LogP contribution in [0.3, 0.4) is 0 Å². The zero-order valence-corrected chi connectivity index (χ0v) is 26.4. The predicted molar refractivity (Wildman–Crippen MR) is 197 cm³/mol. The molecule has 10 aromatic rings. The summed E-state index contributed by atoms with van der Waals surface area (Å²) in [6, 6.07) is 47.2. The fourth-order valence-corrected chi connectivity index (χ4v) is 7.26. The quantitative estimate of drug-likeness (QED) is 0.195. The summed E-state index contributed by atoms with van der Waals surface area (Å²) in [7, 11) is 1.65. The van der Waals surface area contributed by atoms with Gasteiger partial charge >= 0.3 is 0 Å². The second-order valence-electron chi connectivity index (χ2n) is 12.3. The minimum atomic E-state index is 0.180. The van der Waals surface area contributed by atoms with Crippen LogP contribution in [-0.2, 0) is 0 Å². The monoisotopic (exact) mass is 633 g/mol. The summed E-state index contributed by atoms with van der Waals surface area (Å²) in [6.07, 6.45) is 0. The van der Waals surface area contributed by atoms with Gasteiger partial charge in [0, 0.05) is 38.1 Å². The Balaban J connectivity index is 1.31. The van der Waals surface area contributed by atoms with Gasteiger partial charge in [-0.25, -0.2) is 4.98 Å². The van der Waals surface area contributed by atoms with Gasteiger partial charge in [0.1, 0.15) is 11.5 Å². The first kappa shape index (κ1) is 27.4. The lowest BCUT2D eigenvalue weighted by molar-refractivity contribution is 0.415. The number of rotatable bonds is 4. The number of ether oxygens (including phenoxy) is 1. The third-order valence-corrected chi connectivity index (χ3v) is 9.53. The van der Waals surface area contributed by atoms with Gasteiger partial charge < -0.3 is 14.2 Å². The molecule has 232 valence electrons. The van der Waals surface area contributed by atoms with E-state index >= 15 is 0 Å². The average molecular weight is 634 g/mol. The van der Waals surface area contributed by atoms with Gasteiger partial charge in [0.15, 0.2) is 11.6 Å². The average Bonchev–Trinajstić information content (AvgIpc) is 3.70. The Morgan fingerprint density at radius 1 is 0.490 bits per heavy atom. The van der Waals surface area contributed by atoms with Crippen molar-refractivity contribution in [1.82, 2.24) is 23.9 Å². The number of aromatic hydroxyl groups is 1. The molecule has 0 bridgehead atoms. The van der Waals surface area contributed by atoms with E-state index in [4.69, 9.17) is 19.7 Å². The maximum absolute atomic E-state index is 10.0. The summed E-state index contributed by atoms with van der Waals surface area (Å²) in [5.41, 5.74) is 7.04. The highest BCUT2D eigenvalue weighted by Gasteiger charge is 2.20. The van der Waals surface area contributed by atoms with E-state index in [0.717, 1.165) is 55.1 Å². The van der Waals surface area contributed by atoms with Crippen molar-refractivity contribution in [2.24, 2.45) is 0 Å². The Labute approximate surface area is 279 Å². The highest BCUT2D eigenvalue weighted by molar-refractivity contribution is 6.18. The lowest BCUT2D eigenvalue weighted by Gasteiger charge is -2.12. The van der Waals surface area contributed by atoms with Gasteiger partial charge in [0.25, 0.3) is 0 Å². The summed E-state index contributed by atoms with van der Waals surface area (Å²) < 4.78 is 9.94. The largest absolute Gasteiger partial charge is 0.508 e. The number of methoxy groups -OCH3 is 1. The lowest BCUT2D eigenvalue weighted by Crippen LogP contribution is -2.06. The molecule has 4 aromatic heterocycles. The minimum absolute atomic E-state index is 0.180. The number of benzene rings is 6. The van der Waals surface area contributed by atoms with Crippen LogP contribution in [0, 0.1) is 0 Å². The van der Waals surface area contributed by atoms with Crippen molar-refractivity contribution in [3.8, 4) is 40.2 Å². The Morgan fingerprint density at radius 3 is 1.73 bits per heavy atom. The van der Waals surface area contributed by atoms with Crippen LogP contribution >= 0.6 is 0 Å². The fourth-order valence-electron chi connectivity index (χ4n) is 7.26. The molecule has 0 amide bonds. The number of hydrogen-bond donors (Lipinski definition) is 1. The van der Waals surface area contributed by atoms with E-state index in [0.29, 0.717) is 17.6 Å². The van der Waals surface area contributed by atoms with Gasteiger partial charge in [-0.2, -0.15) is 9.97 Å². The molecular formula is C42H27N5O2. The first-order valence-corrected chi connectivity index (χ1v) is 16.1. The van der Waals surface area contributed by atoms with Crippen molar-refractivity contribution in [2.75, 3.05) is 7.11 Å². The maximum Gasteiger partial charge on any atom is 0.238 e. The van der Waals surface area contributed by atoms with E-state index in [1.807, 2.05) is 42.5 Å². The van der Waals surface area contributed by atoms with Crippen molar-refractivity contribution in [3.63, 3.8) is 0 Å². The van der Waals surface area contributed by atoms with Crippen LogP contribution in [0.1, 0.15) is 0 Å². The second-order valence-corrected chi connectivity index (χ2v) is 12.3. The zero-order valence-electron chi connectivity index (χ0n) is 26.4. The molecule has 0 saturated carbocycles. The van der Waals surface area contributed by atoms with Gasteiger partial charge in [-0.05, 0) is 84.2 Å². The molecule has 0 aliphatic rings. The lowest BCUT2D eigenvalue weighted by atomic mass is 10.1. The molecule has 7 heteroatoms. The van der Waals surface area contributed by atoms with Gasteiger partial charge in [-0.15, -0.1) is 0 Å². The summed E-state index contributed by atoms with van der Waals surface area (Å²) in [6.45, 7) is 0. The van der Waals surface area contributed by atoms with Crippen LogP contribution in [-0.4, -0.2) is 36.1 Å². The number of phenols is 1. The summed E-state index contributed by atoms with van der Waals surface area (Å²) in [5, 5.41) is 17.1. The normalized spacial score (nSPS) is 11.9. The number of nitrogens with zero attached hydrogens (tertiary/aromatic N) is 5. The molecule has 10 rings (SSSR count). The third kappa shape index (κ3) is 4.12. The minimum Gasteiger partial charge on any atom is -0.508 e. The molecule has 0 unspecified atom stereocenters. The van der Waals surface area contributed by atoms with Crippen molar-refractivity contribution in [2.45, 2.75) is 0 Å². The SMILES string of the molecule is COc1ccc(-c2nc(-c3ccc(O)cc3)nc(-n3c4ccccc4c4cc5cc6c7ccccc7c7ccccc7n6c5cc43)n2)cc1. The van der Waals surface area contributed by atoms with Crippen LogP contribution in [0.5, 0.6) is 11.5 Å². The molecule has 6 aromatic carbocycles. The van der Waals surface area contributed by atoms with E-state index in [1.54, 1.807) is 19.2 Å². The summed E-state index contributed by atoms with van der Waals surface area (Å²) in [4.78, 5) is 15.1. The molecule has 4 heterocycles. The predicted octanol–water partition coefficient (Wildman–Crippen LogP) is 9.73. The topological polar surface area (TPSA) is 77.5 Å². The Bertz CT molecular complexity index is 2920. The van der Waals surface area contributed by atoms with Crippen LogP contribution in [0.25, 0.3) is 88.6 Å². The van der Waals surface area contributed by atoms with E-state index in [1.165, 1.54) is 21.7 Å². The Morgan fingerprint density at radius 2 is 1.06 bits per heavy atom. The van der Waals surface area contributed by atoms with E-state index in [-0.39, 0.29) is 5.75 Å². The molecule has 49 heavy (non-hydrogen) atoms.